The van der Waals surface area contributed by atoms with Crippen LogP contribution in [-0.2, 0) is 14.4 Å². The fraction of sp³-hybridized carbons (Fsp3) is 0.857. The lowest BCUT2D eigenvalue weighted by Gasteiger charge is -2.37. The van der Waals surface area contributed by atoms with Crippen LogP contribution in [0.15, 0.2) is 0 Å². The van der Waals surface area contributed by atoms with Gasteiger partial charge in [-0.15, -0.1) is 0 Å². The summed E-state index contributed by atoms with van der Waals surface area (Å²) in [5.41, 5.74) is -0.345. The number of rotatable bonds is 4. The molecule has 0 radical (unpaired) electrons. The van der Waals surface area contributed by atoms with E-state index in [0.717, 1.165) is 44.9 Å². The standard InChI is InChI=1S/C14H23NO4/c16-12(15-8-4-5-9-19-15)10-14(11-13(17)18)6-2-1-3-7-14/h1-11H2,(H,17,18). The molecule has 1 saturated heterocycles. The Morgan fingerprint density at radius 3 is 2.37 bits per heavy atom. The largest absolute Gasteiger partial charge is 0.481 e. The Bertz CT molecular complexity index is 330. The van der Waals surface area contributed by atoms with Crippen LogP contribution in [0, 0.1) is 5.41 Å². The van der Waals surface area contributed by atoms with Crippen LogP contribution in [0.4, 0.5) is 0 Å². The molecule has 0 aromatic rings. The van der Waals surface area contributed by atoms with Gasteiger partial charge in [0.05, 0.1) is 13.0 Å². The monoisotopic (exact) mass is 269 g/mol. The van der Waals surface area contributed by atoms with Crippen LogP contribution in [-0.4, -0.2) is 35.2 Å². The van der Waals surface area contributed by atoms with Crippen LogP contribution >= 0.6 is 0 Å². The van der Waals surface area contributed by atoms with Crippen molar-refractivity contribution in [3.63, 3.8) is 0 Å². The molecule has 0 aromatic carbocycles. The molecule has 5 nitrogen and oxygen atoms in total. The maximum absolute atomic E-state index is 12.3. The minimum Gasteiger partial charge on any atom is -0.481 e. The number of aliphatic carboxylic acids is 1. The molecule has 1 aliphatic heterocycles. The van der Waals surface area contributed by atoms with Crippen LogP contribution in [0.2, 0.25) is 0 Å². The van der Waals surface area contributed by atoms with Gasteiger partial charge >= 0.3 is 5.97 Å². The van der Waals surface area contributed by atoms with Gasteiger partial charge in [-0.2, -0.15) is 0 Å². The van der Waals surface area contributed by atoms with Crippen molar-refractivity contribution in [1.29, 1.82) is 0 Å². The van der Waals surface area contributed by atoms with Crippen molar-refractivity contribution in [2.24, 2.45) is 5.41 Å². The summed E-state index contributed by atoms with van der Waals surface area (Å²) in [6.07, 6.45) is 7.28. The lowest BCUT2D eigenvalue weighted by atomic mass is 9.69. The zero-order valence-electron chi connectivity index (χ0n) is 11.4. The number of nitrogens with zero attached hydrogens (tertiary/aromatic N) is 1. The van der Waals surface area contributed by atoms with Gasteiger partial charge in [0.15, 0.2) is 0 Å². The van der Waals surface area contributed by atoms with Crippen molar-refractivity contribution in [3.05, 3.63) is 0 Å². The third-order valence-corrected chi connectivity index (χ3v) is 4.25. The first-order chi connectivity index (χ1) is 9.11. The average Bonchev–Trinajstić information content (AvgIpc) is 2.39. The lowest BCUT2D eigenvalue weighted by Crippen LogP contribution is -2.40. The third kappa shape index (κ3) is 3.93. The van der Waals surface area contributed by atoms with Crippen molar-refractivity contribution in [1.82, 2.24) is 5.06 Å². The molecule has 1 amide bonds. The highest BCUT2D eigenvalue weighted by atomic mass is 16.7. The van der Waals surface area contributed by atoms with E-state index in [4.69, 9.17) is 9.94 Å². The Kier molecular flexibility index (Phi) is 4.80. The van der Waals surface area contributed by atoms with E-state index >= 15 is 0 Å². The van der Waals surface area contributed by atoms with Gasteiger partial charge in [0.25, 0.3) is 0 Å². The molecule has 2 rings (SSSR count). The number of carbonyl (C=O) groups is 2. The van der Waals surface area contributed by atoms with Gasteiger partial charge < -0.3 is 5.11 Å². The summed E-state index contributed by atoms with van der Waals surface area (Å²) in [4.78, 5) is 28.7. The quantitative estimate of drug-likeness (QED) is 0.850. The summed E-state index contributed by atoms with van der Waals surface area (Å²) >= 11 is 0. The van der Waals surface area contributed by atoms with Crippen molar-refractivity contribution >= 4 is 11.9 Å². The van der Waals surface area contributed by atoms with E-state index in [1.165, 1.54) is 5.06 Å². The van der Waals surface area contributed by atoms with Crippen LogP contribution < -0.4 is 0 Å². The van der Waals surface area contributed by atoms with E-state index in [0.29, 0.717) is 19.6 Å². The first-order valence-corrected chi connectivity index (χ1v) is 7.26. The summed E-state index contributed by atoms with van der Waals surface area (Å²) in [6.45, 7) is 1.24. The van der Waals surface area contributed by atoms with Crippen molar-refractivity contribution in [3.8, 4) is 0 Å². The van der Waals surface area contributed by atoms with Crippen LogP contribution in [0.5, 0.6) is 0 Å². The Labute approximate surface area is 113 Å². The molecule has 0 bridgehead atoms. The number of hydrogen-bond acceptors (Lipinski definition) is 3. The molecule has 2 fully saturated rings. The van der Waals surface area contributed by atoms with Crippen LogP contribution in [0.25, 0.3) is 0 Å². The summed E-state index contributed by atoms with van der Waals surface area (Å²) in [6, 6.07) is 0. The molecule has 108 valence electrons. The predicted molar refractivity (Wildman–Crippen MR) is 69.3 cm³/mol. The number of carbonyl (C=O) groups excluding carboxylic acids is 1. The Hall–Kier alpha value is -1.10. The summed E-state index contributed by atoms with van der Waals surface area (Å²) < 4.78 is 0. The smallest absolute Gasteiger partial charge is 0.303 e. The van der Waals surface area contributed by atoms with Crippen LogP contribution in [0.3, 0.4) is 0 Å². The molecule has 0 atom stereocenters. The predicted octanol–water partition coefficient (Wildman–Crippen LogP) is 2.36. The zero-order valence-corrected chi connectivity index (χ0v) is 11.4. The van der Waals surface area contributed by atoms with Crippen molar-refractivity contribution in [2.45, 2.75) is 57.8 Å². The highest BCUT2D eigenvalue weighted by Gasteiger charge is 2.38. The molecule has 0 aromatic heterocycles. The molecule has 2 aliphatic rings. The van der Waals surface area contributed by atoms with E-state index in [9.17, 15) is 9.59 Å². The summed E-state index contributed by atoms with van der Waals surface area (Å²) in [7, 11) is 0. The molecule has 0 spiro atoms. The fourth-order valence-electron chi connectivity index (χ4n) is 3.24. The number of amides is 1. The third-order valence-electron chi connectivity index (χ3n) is 4.25. The van der Waals surface area contributed by atoms with Crippen molar-refractivity contribution < 1.29 is 19.5 Å². The molecule has 19 heavy (non-hydrogen) atoms. The number of hydroxylamine groups is 2. The summed E-state index contributed by atoms with van der Waals surface area (Å²) in [5.74, 6) is -0.836. The van der Waals surface area contributed by atoms with E-state index < -0.39 is 5.97 Å². The second-order valence-corrected chi connectivity index (χ2v) is 5.84. The second kappa shape index (κ2) is 6.37. The first kappa shape index (κ1) is 14.3. The topological polar surface area (TPSA) is 66.8 Å². The van der Waals surface area contributed by atoms with Gasteiger partial charge in [-0.25, -0.2) is 5.06 Å². The normalized spacial score (nSPS) is 23.1. The molecule has 1 saturated carbocycles. The number of carboxylic acids is 1. The number of carboxylic acid groups (broad SMARTS) is 1. The first-order valence-electron chi connectivity index (χ1n) is 7.26. The summed E-state index contributed by atoms with van der Waals surface area (Å²) in [5, 5.41) is 10.5. The van der Waals surface area contributed by atoms with E-state index in [1.54, 1.807) is 0 Å². The highest BCUT2D eigenvalue weighted by molar-refractivity contribution is 5.77. The van der Waals surface area contributed by atoms with E-state index in [-0.39, 0.29) is 17.7 Å². The lowest BCUT2D eigenvalue weighted by molar-refractivity contribution is -0.199. The molecule has 1 N–H and O–H groups in total. The Morgan fingerprint density at radius 2 is 1.79 bits per heavy atom. The molecule has 1 heterocycles. The Morgan fingerprint density at radius 1 is 1.05 bits per heavy atom. The second-order valence-electron chi connectivity index (χ2n) is 5.84. The molecule has 5 heteroatoms. The van der Waals surface area contributed by atoms with Gasteiger partial charge in [0.2, 0.25) is 5.91 Å². The van der Waals surface area contributed by atoms with Crippen molar-refractivity contribution in [2.75, 3.05) is 13.2 Å². The zero-order chi connectivity index (χ0) is 13.7. The van der Waals surface area contributed by atoms with Gasteiger partial charge in [-0.3, -0.25) is 14.4 Å². The Balaban J connectivity index is 1.98. The van der Waals surface area contributed by atoms with Gasteiger partial charge in [-0.05, 0) is 31.1 Å². The minimum absolute atomic E-state index is 0.0390. The SMILES string of the molecule is O=C(O)CC1(CC(=O)N2CCCCO2)CCCCC1. The highest BCUT2D eigenvalue weighted by Crippen LogP contribution is 2.42. The average molecular weight is 269 g/mol. The van der Waals surface area contributed by atoms with Gasteiger partial charge in [-0.1, -0.05) is 19.3 Å². The number of hydrogen-bond donors (Lipinski definition) is 1. The molecular weight excluding hydrogens is 246 g/mol. The van der Waals surface area contributed by atoms with Gasteiger partial charge in [0, 0.05) is 13.0 Å². The minimum atomic E-state index is -0.797. The van der Waals surface area contributed by atoms with E-state index in [2.05, 4.69) is 0 Å². The van der Waals surface area contributed by atoms with E-state index in [1.807, 2.05) is 0 Å². The molecule has 0 unspecified atom stereocenters. The van der Waals surface area contributed by atoms with Gasteiger partial charge in [0.1, 0.15) is 0 Å². The molecule has 1 aliphatic carbocycles. The van der Waals surface area contributed by atoms with Crippen LogP contribution in [0.1, 0.15) is 57.8 Å². The molecular formula is C14H23NO4. The maximum Gasteiger partial charge on any atom is 0.303 e. The maximum atomic E-state index is 12.3. The fourth-order valence-corrected chi connectivity index (χ4v) is 3.24.